The summed E-state index contributed by atoms with van der Waals surface area (Å²) in [7, 11) is 0. The van der Waals surface area contributed by atoms with Crippen LogP contribution in [0.4, 0.5) is 5.95 Å². The number of ether oxygens (including phenoxy) is 1. The van der Waals surface area contributed by atoms with Crippen LogP contribution in [-0.2, 0) is 17.9 Å². The number of fused-ring (bicyclic) bond motifs is 1. The molecule has 0 atom stereocenters. The standard InChI is InChI=1S/C26H26BrN5O3/c27-20-7-4-8-21(13-20)35-25-23-24(32(16-29-23)15-22(33)34)30-26(31-25)28-14-17-9-11-19(12-10-17)18-5-2-1-3-6-18/h4,7-13,16,18H,1-3,5-6,14-15H2,(H,33,34)(H,28,30,31). The smallest absolute Gasteiger partial charge is 0.323 e. The molecule has 2 N–H and O–H groups in total. The molecular formula is C26H26BrN5O3. The molecule has 180 valence electrons. The Hall–Kier alpha value is -3.46. The molecule has 0 spiro atoms. The molecule has 0 amide bonds. The highest BCUT2D eigenvalue weighted by atomic mass is 79.9. The Morgan fingerprint density at radius 2 is 1.91 bits per heavy atom. The molecule has 5 rings (SSSR count). The summed E-state index contributed by atoms with van der Waals surface area (Å²) < 4.78 is 8.36. The lowest BCUT2D eigenvalue weighted by Crippen LogP contribution is -2.10. The SMILES string of the molecule is O=C(O)Cn1cnc2c(Oc3cccc(Br)c3)nc(NCc3ccc(C4CCCCC4)cc3)nc21. The average Bonchev–Trinajstić information content (AvgIpc) is 3.26. The zero-order valence-electron chi connectivity index (χ0n) is 19.2. The minimum atomic E-state index is -0.982. The maximum absolute atomic E-state index is 11.3. The van der Waals surface area contributed by atoms with Crippen LogP contribution in [0.25, 0.3) is 11.2 Å². The third-order valence-electron chi connectivity index (χ3n) is 6.26. The minimum absolute atomic E-state index is 0.257. The second-order valence-electron chi connectivity index (χ2n) is 8.78. The fourth-order valence-electron chi connectivity index (χ4n) is 4.50. The highest BCUT2D eigenvalue weighted by molar-refractivity contribution is 9.10. The van der Waals surface area contributed by atoms with Crippen molar-refractivity contribution in [2.45, 2.75) is 51.1 Å². The van der Waals surface area contributed by atoms with Crippen molar-refractivity contribution in [3.63, 3.8) is 0 Å². The van der Waals surface area contributed by atoms with Crippen LogP contribution in [0.5, 0.6) is 11.6 Å². The highest BCUT2D eigenvalue weighted by Gasteiger charge is 2.18. The van der Waals surface area contributed by atoms with Gasteiger partial charge in [-0.3, -0.25) is 4.79 Å². The van der Waals surface area contributed by atoms with Crippen molar-refractivity contribution in [2.24, 2.45) is 0 Å². The van der Waals surface area contributed by atoms with Crippen LogP contribution in [-0.4, -0.2) is 30.6 Å². The third-order valence-corrected chi connectivity index (χ3v) is 6.75. The number of carboxylic acids is 1. The predicted octanol–water partition coefficient (Wildman–Crippen LogP) is 6.13. The predicted molar refractivity (Wildman–Crippen MR) is 137 cm³/mol. The summed E-state index contributed by atoms with van der Waals surface area (Å²) >= 11 is 3.44. The first-order chi connectivity index (χ1) is 17.0. The molecule has 0 radical (unpaired) electrons. The Morgan fingerprint density at radius 3 is 2.66 bits per heavy atom. The number of aromatic nitrogens is 4. The number of rotatable bonds is 8. The molecule has 0 aliphatic heterocycles. The molecule has 4 aromatic rings. The summed E-state index contributed by atoms with van der Waals surface area (Å²) in [6, 6.07) is 16.1. The third kappa shape index (κ3) is 5.62. The van der Waals surface area contributed by atoms with Crippen LogP contribution in [0.2, 0.25) is 0 Å². The van der Waals surface area contributed by atoms with Crippen molar-refractivity contribution in [3.05, 3.63) is 70.5 Å². The van der Waals surface area contributed by atoms with E-state index in [1.165, 1.54) is 48.6 Å². The van der Waals surface area contributed by atoms with E-state index in [0.717, 1.165) is 10.0 Å². The second kappa shape index (κ2) is 10.4. The lowest BCUT2D eigenvalue weighted by molar-refractivity contribution is -0.137. The Morgan fingerprint density at radius 1 is 1.11 bits per heavy atom. The molecule has 0 unspecified atom stereocenters. The second-order valence-corrected chi connectivity index (χ2v) is 9.70. The molecule has 1 aliphatic carbocycles. The molecule has 8 nitrogen and oxygen atoms in total. The Bertz CT molecular complexity index is 1330. The van der Waals surface area contributed by atoms with Gasteiger partial charge < -0.3 is 19.7 Å². The Balaban J connectivity index is 1.39. The number of imidazole rings is 1. The zero-order valence-corrected chi connectivity index (χ0v) is 20.7. The monoisotopic (exact) mass is 535 g/mol. The van der Waals surface area contributed by atoms with Crippen LogP contribution in [0, 0.1) is 0 Å². The molecule has 2 aromatic heterocycles. The van der Waals surface area contributed by atoms with Gasteiger partial charge in [-0.05, 0) is 48.1 Å². The molecule has 0 bridgehead atoms. The van der Waals surface area contributed by atoms with Gasteiger partial charge in [0, 0.05) is 11.0 Å². The van der Waals surface area contributed by atoms with Gasteiger partial charge in [0.1, 0.15) is 12.3 Å². The summed E-state index contributed by atoms with van der Waals surface area (Å²) in [6.45, 7) is 0.270. The topological polar surface area (TPSA) is 102 Å². The van der Waals surface area contributed by atoms with Gasteiger partial charge in [-0.15, -0.1) is 0 Å². The fourth-order valence-corrected chi connectivity index (χ4v) is 4.88. The normalized spacial score (nSPS) is 14.2. The van der Waals surface area contributed by atoms with Crippen molar-refractivity contribution in [3.8, 4) is 11.6 Å². The number of benzene rings is 2. The molecule has 1 aliphatic rings. The molecule has 1 saturated carbocycles. The van der Waals surface area contributed by atoms with E-state index in [1.54, 1.807) is 0 Å². The lowest BCUT2D eigenvalue weighted by atomic mass is 9.84. The van der Waals surface area contributed by atoms with Gasteiger partial charge in [0.2, 0.25) is 5.95 Å². The first-order valence-corrected chi connectivity index (χ1v) is 12.6. The van der Waals surface area contributed by atoms with Crippen LogP contribution >= 0.6 is 15.9 Å². The van der Waals surface area contributed by atoms with Crippen molar-refractivity contribution in [1.82, 2.24) is 19.5 Å². The van der Waals surface area contributed by atoms with E-state index in [0.29, 0.717) is 35.3 Å². The van der Waals surface area contributed by atoms with Crippen LogP contribution in [0.15, 0.2) is 59.3 Å². The van der Waals surface area contributed by atoms with Crippen molar-refractivity contribution < 1.29 is 14.6 Å². The Labute approximate surface area is 211 Å². The summed E-state index contributed by atoms with van der Waals surface area (Å²) in [4.78, 5) is 24.7. The number of hydrogen-bond acceptors (Lipinski definition) is 6. The van der Waals surface area contributed by atoms with Crippen molar-refractivity contribution >= 4 is 39.0 Å². The maximum atomic E-state index is 11.3. The number of anilines is 1. The van der Waals surface area contributed by atoms with Crippen LogP contribution in [0.3, 0.4) is 0 Å². The van der Waals surface area contributed by atoms with E-state index in [9.17, 15) is 9.90 Å². The number of aliphatic carboxylic acids is 1. The van der Waals surface area contributed by atoms with E-state index in [-0.39, 0.29) is 12.4 Å². The van der Waals surface area contributed by atoms with Crippen LogP contribution in [0.1, 0.15) is 49.1 Å². The molecule has 2 aromatic carbocycles. The number of carboxylic acid groups (broad SMARTS) is 1. The first kappa shape index (κ1) is 23.3. The Kier molecular flexibility index (Phi) is 6.94. The van der Waals surface area contributed by atoms with Crippen LogP contribution < -0.4 is 10.1 Å². The number of nitrogens with zero attached hydrogens (tertiary/aromatic N) is 4. The average molecular weight is 536 g/mol. The largest absolute Gasteiger partial charge is 0.480 e. The summed E-state index contributed by atoms with van der Waals surface area (Å²) in [6.07, 6.45) is 7.97. The van der Waals surface area contributed by atoms with Gasteiger partial charge in [-0.25, -0.2) is 4.98 Å². The number of nitrogens with one attached hydrogen (secondary N) is 1. The first-order valence-electron chi connectivity index (χ1n) is 11.8. The van der Waals surface area contributed by atoms with E-state index >= 15 is 0 Å². The summed E-state index contributed by atoms with van der Waals surface area (Å²) in [5.74, 6) is 0.864. The molecule has 2 heterocycles. The molecule has 35 heavy (non-hydrogen) atoms. The van der Waals surface area contributed by atoms with Crippen molar-refractivity contribution in [1.29, 1.82) is 0 Å². The maximum Gasteiger partial charge on any atom is 0.323 e. The van der Waals surface area contributed by atoms with E-state index in [4.69, 9.17) is 4.74 Å². The van der Waals surface area contributed by atoms with E-state index in [2.05, 4.69) is 60.5 Å². The van der Waals surface area contributed by atoms with Gasteiger partial charge in [0.25, 0.3) is 5.88 Å². The molecular weight excluding hydrogens is 510 g/mol. The molecule has 9 heteroatoms. The summed E-state index contributed by atoms with van der Waals surface area (Å²) in [5.41, 5.74) is 3.31. The quantitative estimate of drug-likeness (QED) is 0.280. The van der Waals surface area contributed by atoms with Gasteiger partial charge in [0.05, 0.1) is 6.33 Å². The van der Waals surface area contributed by atoms with E-state index in [1.807, 2.05) is 24.3 Å². The zero-order chi connectivity index (χ0) is 24.2. The van der Waals surface area contributed by atoms with Crippen molar-refractivity contribution in [2.75, 3.05) is 5.32 Å². The highest BCUT2D eigenvalue weighted by Crippen LogP contribution is 2.33. The van der Waals surface area contributed by atoms with Gasteiger partial charge in [-0.1, -0.05) is 65.5 Å². The van der Waals surface area contributed by atoms with Gasteiger partial charge >= 0.3 is 5.97 Å². The molecule has 0 saturated heterocycles. The molecule has 1 fully saturated rings. The lowest BCUT2D eigenvalue weighted by Gasteiger charge is -2.22. The number of carbonyl (C=O) groups is 1. The van der Waals surface area contributed by atoms with E-state index < -0.39 is 5.97 Å². The fraction of sp³-hybridized carbons (Fsp3) is 0.308. The number of hydrogen-bond donors (Lipinski definition) is 2. The number of halogens is 1. The summed E-state index contributed by atoms with van der Waals surface area (Å²) in [5, 5.41) is 12.5. The van der Waals surface area contributed by atoms with Gasteiger partial charge in [0.15, 0.2) is 11.2 Å². The van der Waals surface area contributed by atoms with Gasteiger partial charge in [-0.2, -0.15) is 9.97 Å². The minimum Gasteiger partial charge on any atom is -0.480 e.